The van der Waals surface area contributed by atoms with E-state index in [1.54, 1.807) is 22.9 Å². The second kappa shape index (κ2) is 8.15. The van der Waals surface area contributed by atoms with Crippen LogP contribution in [0.2, 0.25) is 0 Å². The number of pyridine rings is 2. The Morgan fingerprint density at radius 1 is 1.18 bits per heavy atom. The lowest BCUT2D eigenvalue weighted by Crippen LogP contribution is -2.32. The fourth-order valence-electron chi connectivity index (χ4n) is 5.15. The van der Waals surface area contributed by atoms with Crippen LogP contribution in [0, 0.1) is 5.82 Å². The predicted molar refractivity (Wildman–Crippen MR) is 126 cm³/mol. The highest BCUT2D eigenvalue weighted by molar-refractivity contribution is 5.88. The van der Waals surface area contributed by atoms with Crippen molar-refractivity contribution in [2.45, 2.75) is 45.4 Å². The fourth-order valence-corrected chi connectivity index (χ4v) is 5.15. The number of aryl methyl sites for hydroxylation is 1. The lowest BCUT2D eigenvalue weighted by molar-refractivity contribution is 0.300. The Balaban J connectivity index is 0.00000228. The van der Waals surface area contributed by atoms with Gasteiger partial charge in [-0.3, -0.25) is 14.3 Å². The van der Waals surface area contributed by atoms with Gasteiger partial charge in [-0.15, -0.1) is 0 Å². The van der Waals surface area contributed by atoms with Gasteiger partial charge in [-0.25, -0.2) is 4.39 Å². The topological polar surface area (TPSA) is 61.1 Å². The number of aromatic nitrogens is 3. The molecule has 2 atom stereocenters. The molecule has 2 aliphatic heterocycles. The standard InChI is InChI=1S/C25H23FN4O2.CH4/c1-29-22-11-18(5-6-20(22)25-21-7-4-16(28-21)10-23(25)29)30-9-8-19(12-24(30)31)32-14-17-3-2-15(26)13-27-17;/h2-3,5-6,8-9,11-13,16,21,28H,4,7,10,14H2,1H3;1H4. The summed E-state index contributed by atoms with van der Waals surface area (Å²) in [5.74, 6) is 0.0611. The van der Waals surface area contributed by atoms with E-state index in [1.165, 1.54) is 41.6 Å². The third-order valence-electron chi connectivity index (χ3n) is 6.72. The minimum Gasteiger partial charge on any atom is -0.487 e. The highest BCUT2D eigenvalue weighted by Crippen LogP contribution is 2.41. The summed E-state index contributed by atoms with van der Waals surface area (Å²) in [7, 11) is 2.12. The van der Waals surface area contributed by atoms with E-state index >= 15 is 0 Å². The van der Waals surface area contributed by atoms with Gasteiger partial charge in [0.1, 0.15) is 18.2 Å². The second-order valence-corrected chi connectivity index (χ2v) is 8.65. The lowest BCUT2D eigenvalue weighted by atomic mass is 9.99. The van der Waals surface area contributed by atoms with Gasteiger partial charge in [0.2, 0.25) is 0 Å². The maximum Gasteiger partial charge on any atom is 0.258 e. The molecule has 6 rings (SSSR count). The Kier molecular flexibility index (Phi) is 5.29. The molecule has 33 heavy (non-hydrogen) atoms. The molecule has 1 aromatic carbocycles. The van der Waals surface area contributed by atoms with E-state index in [9.17, 15) is 9.18 Å². The van der Waals surface area contributed by atoms with Gasteiger partial charge in [-0.05, 0) is 48.7 Å². The molecule has 6 nitrogen and oxygen atoms in total. The van der Waals surface area contributed by atoms with Gasteiger partial charge in [0.05, 0.1) is 23.1 Å². The van der Waals surface area contributed by atoms with Crippen LogP contribution in [0.5, 0.6) is 5.75 Å². The molecule has 0 saturated carbocycles. The molecule has 2 aliphatic rings. The van der Waals surface area contributed by atoms with E-state index in [4.69, 9.17) is 4.74 Å². The molecule has 0 radical (unpaired) electrons. The number of nitrogens with zero attached hydrogens (tertiary/aromatic N) is 3. The third-order valence-corrected chi connectivity index (χ3v) is 6.72. The van der Waals surface area contributed by atoms with Gasteiger partial charge in [-0.2, -0.15) is 0 Å². The molecule has 2 unspecified atom stereocenters. The van der Waals surface area contributed by atoms with E-state index in [-0.39, 0.29) is 19.6 Å². The van der Waals surface area contributed by atoms with Crippen molar-refractivity contribution in [3.05, 3.63) is 88.0 Å². The maximum absolute atomic E-state index is 13.0. The van der Waals surface area contributed by atoms with Gasteiger partial charge < -0.3 is 14.6 Å². The zero-order valence-corrected chi connectivity index (χ0v) is 17.7. The zero-order chi connectivity index (χ0) is 21.8. The van der Waals surface area contributed by atoms with Crippen molar-refractivity contribution in [3.63, 3.8) is 0 Å². The van der Waals surface area contributed by atoms with E-state index < -0.39 is 5.82 Å². The first-order valence-electron chi connectivity index (χ1n) is 10.9. The van der Waals surface area contributed by atoms with Crippen molar-refractivity contribution in [1.29, 1.82) is 0 Å². The van der Waals surface area contributed by atoms with Crippen molar-refractivity contribution in [3.8, 4) is 11.4 Å². The Labute approximate surface area is 191 Å². The summed E-state index contributed by atoms with van der Waals surface area (Å²) in [6.45, 7) is 0.167. The highest BCUT2D eigenvalue weighted by Gasteiger charge is 2.35. The summed E-state index contributed by atoms with van der Waals surface area (Å²) in [4.78, 5) is 16.8. The molecule has 1 fully saturated rings. The molecule has 2 bridgehead atoms. The molecular weight excluding hydrogens is 419 g/mol. The van der Waals surface area contributed by atoms with Crippen LogP contribution in [0.25, 0.3) is 16.6 Å². The van der Waals surface area contributed by atoms with Crippen LogP contribution in [-0.4, -0.2) is 20.2 Å². The number of ether oxygens (including phenoxy) is 1. The second-order valence-electron chi connectivity index (χ2n) is 8.65. The average molecular weight is 447 g/mol. The number of hydrogen-bond acceptors (Lipinski definition) is 4. The monoisotopic (exact) mass is 446 g/mol. The number of benzene rings is 1. The van der Waals surface area contributed by atoms with Crippen LogP contribution >= 0.6 is 0 Å². The molecule has 0 amide bonds. The smallest absolute Gasteiger partial charge is 0.258 e. The van der Waals surface area contributed by atoms with Crippen LogP contribution in [0.3, 0.4) is 0 Å². The normalized spacial score (nSPS) is 18.7. The molecule has 3 aromatic heterocycles. The van der Waals surface area contributed by atoms with Crippen molar-refractivity contribution in [2.24, 2.45) is 7.05 Å². The lowest BCUT2D eigenvalue weighted by Gasteiger charge is -2.23. The molecular formula is C26H27FN4O2. The molecule has 7 heteroatoms. The van der Waals surface area contributed by atoms with Crippen LogP contribution < -0.4 is 15.6 Å². The minimum absolute atomic E-state index is 0. The largest absolute Gasteiger partial charge is 0.487 e. The summed E-state index contributed by atoms with van der Waals surface area (Å²) in [5.41, 5.74) is 5.23. The molecule has 1 N–H and O–H groups in total. The van der Waals surface area contributed by atoms with Crippen molar-refractivity contribution in [1.82, 2.24) is 19.4 Å². The summed E-state index contributed by atoms with van der Waals surface area (Å²) in [6.07, 6.45) is 6.35. The fraction of sp³-hybridized carbons (Fsp3) is 0.308. The van der Waals surface area contributed by atoms with Crippen LogP contribution in [0.4, 0.5) is 4.39 Å². The first-order valence-corrected chi connectivity index (χ1v) is 10.9. The highest BCUT2D eigenvalue weighted by atomic mass is 19.1. The first-order chi connectivity index (χ1) is 15.6. The Morgan fingerprint density at radius 3 is 2.85 bits per heavy atom. The Hall–Kier alpha value is -3.45. The van der Waals surface area contributed by atoms with E-state index in [0.29, 0.717) is 23.5 Å². The number of hydrogen-bond donors (Lipinski definition) is 1. The number of nitrogens with one attached hydrogen (secondary N) is 1. The Bertz CT molecular complexity index is 1390. The minimum atomic E-state index is -0.392. The summed E-state index contributed by atoms with van der Waals surface area (Å²) in [6, 6.07) is 13.4. The molecule has 1 saturated heterocycles. The van der Waals surface area contributed by atoms with Gasteiger partial charge in [0.15, 0.2) is 0 Å². The molecule has 0 aliphatic carbocycles. The number of halogens is 1. The summed E-state index contributed by atoms with van der Waals surface area (Å²) >= 11 is 0. The molecule has 5 heterocycles. The van der Waals surface area contributed by atoms with Gasteiger partial charge in [0.25, 0.3) is 5.56 Å². The van der Waals surface area contributed by atoms with Gasteiger partial charge in [0, 0.05) is 48.9 Å². The van der Waals surface area contributed by atoms with Gasteiger partial charge >= 0.3 is 0 Å². The van der Waals surface area contributed by atoms with E-state index in [1.807, 2.05) is 6.07 Å². The van der Waals surface area contributed by atoms with Gasteiger partial charge in [-0.1, -0.05) is 13.5 Å². The van der Waals surface area contributed by atoms with Crippen LogP contribution in [0.15, 0.2) is 59.7 Å². The molecule has 4 aromatic rings. The van der Waals surface area contributed by atoms with E-state index in [2.05, 4.69) is 34.0 Å². The summed E-state index contributed by atoms with van der Waals surface area (Å²) in [5, 5.41) is 5.00. The first kappa shape index (κ1) is 21.4. The molecule has 0 spiro atoms. The third kappa shape index (κ3) is 3.62. The Morgan fingerprint density at radius 2 is 2.06 bits per heavy atom. The van der Waals surface area contributed by atoms with Crippen molar-refractivity contribution >= 4 is 10.9 Å². The SMILES string of the molecule is C.Cn1c2c(c3ccc(-n4ccc(OCc5ccc(F)cn5)cc4=O)cc31)C1CCC(C2)N1. The van der Waals surface area contributed by atoms with Crippen molar-refractivity contribution in [2.75, 3.05) is 0 Å². The van der Waals surface area contributed by atoms with Crippen molar-refractivity contribution < 1.29 is 9.13 Å². The van der Waals surface area contributed by atoms with Crippen LogP contribution in [0.1, 0.15) is 43.3 Å². The molecule has 170 valence electrons. The van der Waals surface area contributed by atoms with E-state index in [0.717, 1.165) is 23.8 Å². The zero-order valence-electron chi connectivity index (χ0n) is 17.7. The summed E-state index contributed by atoms with van der Waals surface area (Å²) < 4.78 is 22.6. The van der Waals surface area contributed by atoms with Crippen LogP contribution in [-0.2, 0) is 20.1 Å². The number of fused-ring (bicyclic) bond motifs is 6. The predicted octanol–water partition coefficient (Wildman–Crippen LogP) is 4.43. The average Bonchev–Trinajstić information content (AvgIpc) is 3.31. The maximum atomic E-state index is 13.0. The number of rotatable bonds is 4. The quantitative estimate of drug-likeness (QED) is 0.504.